The van der Waals surface area contributed by atoms with Gasteiger partial charge < -0.3 is 10.6 Å². The van der Waals surface area contributed by atoms with Crippen LogP contribution in [0.4, 0.5) is 0 Å². The lowest BCUT2D eigenvalue weighted by molar-refractivity contribution is -0.125. The Morgan fingerprint density at radius 3 is 2.50 bits per heavy atom. The maximum Gasteiger partial charge on any atom is 0.236 e. The fourth-order valence-corrected chi connectivity index (χ4v) is 4.02. The number of benzene rings is 1. The van der Waals surface area contributed by atoms with Gasteiger partial charge in [0.2, 0.25) is 5.91 Å². The summed E-state index contributed by atoms with van der Waals surface area (Å²) in [6, 6.07) is 5.83. The number of rotatable bonds is 2. The van der Waals surface area contributed by atoms with E-state index < -0.39 is 11.5 Å². The van der Waals surface area contributed by atoms with Crippen molar-refractivity contribution in [3.63, 3.8) is 0 Å². The third-order valence-corrected chi connectivity index (χ3v) is 5.53. The first-order valence-electron chi connectivity index (χ1n) is 7.97. The Morgan fingerprint density at radius 2 is 1.86 bits per heavy atom. The van der Waals surface area contributed by atoms with Crippen molar-refractivity contribution in [3.8, 4) is 0 Å². The molecule has 1 aliphatic carbocycles. The Morgan fingerprint density at radius 1 is 1.14 bits per heavy atom. The van der Waals surface area contributed by atoms with Crippen molar-refractivity contribution in [1.82, 2.24) is 10.6 Å². The molecule has 2 saturated heterocycles. The highest BCUT2D eigenvalue weighted by atomic mass is 35.5. The summed E-state index contributed by atoms with van der Waals surface area (Å²) >= 11 is 6.39. The maximum absolute atomic E-state index is 12.9. The van der Waals surface area contributed by atoms with Gasteiger partial charge in [0.05, 0.1) is 0 Å². The average molecular weight is 319 g/mol. The number of piperidine rings is 1. The monoisotopic (exact) mass is 318 g/mol. The Hall–Kier alpha value is -1.39. The minimum Gasteiger partial charge on any atom is -0.343 e. The van der Waals surface area contributed by atoms with Gasteiger partial charge in [-0.05, 0) is 61.9 Å². The highest BCUT2D eigenvalue weighted by molar-refractivity contribution is 6.32. The number of carbonyl (C=O) groups is 2. The number of nitrogens with one attached hydrogen (secondary N) is 2. The van der Waals surface area contributed by atoms with Crippen LogP contribution in [0.15, 0.2) is 18.2 Å². The number of amides is 1. The zero-order valence-corrected chi connectivity index (χ0v) is 13.1. The number of ketones is 1. The smallest absolute Gasteiger partial charge is 0.236 e. The average Bonchev–Trinajstić information content (AvgIpc) is 3.31. The lowest BCUT2D eigenvalue weighted by Crippen LogP contribution is -2.53. The molecule has 5 heteroatoms. The van der Waals surface area contributed by atoms with E-state index in [9.17, 15) is 9.59 Å². The second-order valence-corrected chi connectivity index (χ2v) is 7.08. The van der Waals surface area contributed by atoms with Crippen LogP contribution in [0.3, 0.4) is 0 Å². The first kappa shape index (κ1) is 14.2. The number of halogens is 1. The summed E-state index contributed by atoms with van der Waals surface area (Å²) in [5.41, 5.74) is 1.19. The van der Waals surface area contributed by atoms with E-state index in [4.69, 9.17) is 11.6 Å². The third kappa shape index (κ3) is 2.17. The first-order valence-corrected chi connectivity index (χ1v) is 8.35. The van der Waals surface area contributed by atoms with E-state index in [1.165, 1.54) is 18.4 Å². The van der Waals surface area contributed by atoms with Crippen LogP contribution in [0.5, 0.6) is 0 Å². The van der Waals surface area contributed by atoms with Crippen LogP contribution in [0.25, 0.3) is 0 Å². The Labute approximate surface area is 134 Å². The van der Waals surface area contributed by atoms with Gasteiger partial charge in [0.1, 0.15) is 11.5 Å². The minimum absolute atomic E-state index is 0.0138. The molecule has 0 bridgehead atoms. The third-order valence-electron chi connectivity index (χ3n) is 5.20. The van der Waals surface area contributed by atoms with Crippen molar-refractivity contribution in [2.75, 3.05) is 13.1 Å². The zero-order valence-electron chi connectivity index (χ0n) is 12.3. The second kappa shape index (κ2) is 5.07. The van der Waals surface area contributed by atoms with Crippen molar-refractivity contribution in [2.45, 2.75) is 43.1 Å². The van der Waals surface area contributed by atoms with E-state index in [0.29, 0.717) is 29.3 Å². The van der Waals surface area contributed by atoms with Crippen LogP contribution in [0.1, 0.15) is 48.6 Å². The van der Waals surface area contributed by atoms with Gasteiger partial charge in [-0.15, -0.1) is 0 Å². The summed E-state index contributed by atoms with van der Waals surface area (Å²) in [5, 5.41) is 6.74. The molecule has 4 nitrogen and oxygen atoms in total. The molecule has 1 spiro atoms. The van der Waals surface area contributed by atoms with Gasteiger partial charge in [-0.3, -0.25) is 9.59 Å². The Bertz CT molecular complexity index is 648. The van der Waals surface area contributed by atoms with Crippen LogP contribution in [-0.4, -0.2) is 30.3 Å². The van der Waals surface area contributed by atoms with Crippen molar-refractivity contribution in [2.24, 2.45) is 0 Å². The minimum atomic E-state index is -0.751. The van der Waals surface area contributed by atoms with Crippen molar-refractivity contribution >= 4 is 23.3 Å². The molecule has 1 aromatic carbocycles. The summed E-state index contributed by atoms with van der Waals surface area (Å²) in [6.07, 6.45) is 3.72. The largest absolute Gasteiger partial charge is 0.343 e. The van der Waals surface area contributed by atoms with Gasteiger partial charge >= 0.3 is 0 Å². The lowest BCUT2D eigenvalue weighted by Gasteiger charge is -2.32. The van der Waals surface area contributed by atoms with Crippen LogP contribution in [0, 0.1) is 0 Å². The predicted molar refractivity (Wildman–Crippen MR) is 84.2 cm³/mol. The molecule has 1 atom stereocenters. The van der Waals surface area contributed by atoms with Gasteiger partial charge in [-0.25, -0.2) is 0 Å². The molecule has 2 N–H and O–H groups in total. The van der Waals surface area contributed by atoms with E-state index in [1.807, 2.05) is 18.2 Å². The standard InChI is InChI=1S/C17H19ClN2O2/c18-13-9-11(10-1-2-10)3-4-12(13)14-15(21)17(20-16(14)22)5-7-19-8-6-17/h3-4,9-10,14,19H,1-2,5-8H2,(H,20,22). The molecule has 0 aromatic heterocycles. The number of hydrogen-bond donors (Lipinski definition) is 2. The fourth-order valence-electron chi connectivity index (χ4n) is 3.72. The van der Waals surface area contributed by atoms with Crippen LogP contribution in [-0.2, 0) is 9.59 Å². The Balaban J connectivity index is 1.67. The summed E-state index contributed by atoms with van der Waals surface area (Å²) in [4.78, 5) is 25.3. The molecule has 0 radical (unpaired) electrons. The summed E-state index contributed by atoms with van der Waals surface area (Å²) < 4.78 is 0. The molecular weight excluding hydrogens is 300 g/mol. The molecule has 2 aliphatic heterocycles. The first-order chi connectivity index (χ1) is 10.6. The van der Waals surface area contributed by atoms with E-state index in [1.54, 1.807) is 0 Å². The molecule has 1 amide bonds. The van der Waals surface area contributed by atoms with Crippen LogP contribution < -0.4 is 10.6 Å². The van der Waals surface area contributed by atoms with Crippen LogP contribution in [0.2, 0.25) is 5.02 Å². The van der Waals surface area contributed by atoms with E-state index in [0.717, 1.165) is 13.1 Å². The Kier molecular flexibility index (Phi) is 3.27. The lowest BCUT2D eigenvalue weighted by atomic mass is 9.81. The second-order valence-electron chi connectivity index (χ2n) is 6.67. The molecule has 1 unspecified atom stereocenters. The normalized spacial score (nSPS) is 27.2. The number of hydrogen-bond acceptors (Lipinski definition) is 3. The zero-order chi connectivity index (χ0) is 15.3. The van der Waals surface area contributed by atoms with Crippen LogP contribution >= 0.6 is 11.6 Å². The summed E-state index contributed by atoms with van der Waals surface area (Å²) in [5.74, 6) is -0.359. The molecular formula is C17H19ClN2O2. The number of Topliss-reactive ketones (excluding diaryl/α,β-unsaturated/α-hetero) is 1. The molecule has 1 saturated carbocycles. The van der Waals surface area contributed by atoms with E-state index in [-0.39, 0.29) is 11.7 Å². The van der Waals surface area contributed by atoms with Crippen molar-refractivity contribution in [1.29, 1.82) is 0 Å². The quantitative estimate of drug-likeness (QED) is 0.821. The van der Waals surface area contributed by atoms with Gasteiger partial charge in [-0.2, -0.15) is 0 Å². The fraction of sp³-hybridized carbons (Fsp3) is 0.529. The van der Waals surface area contributed by atoms with E-state index in [2.05, 4.69) is 10.6 Å². The highest BCUT2D eigenvalue weighted by Gasteiger charge is 2.53. The number of carbonyl (C=O) groups excluding carboxylic acids is 2. The molecule has 1 aromatic rings. The molecule has 3 fully saturated rings. The van der Waals surface area contributed by atoms with Crippen molar-refractivity contribution in [3.05, 3.63) is 34.3 Å². The van der Waals surface area contributed by atoms with Gasteiger partial charge in [-0.1, -0.05) is 23.7 Å². The van der Waals surface area contributed by atoms with Gasteiger partial charge in [0.25, 0.3) is 0 Å². The molecule has 116 valence electrons. The predicted octanol–water partition coefficient (Wildman–Crippen LogP) is 2.12. The molecule has 22 heavy (non-hydrogen) atoms. The topological polar surface area (TPSA) is 58.2 Å². The van der Waals surface area contributed by atoms with E-state index >= 15 is 0 Å². The summed E-state index contributed by atoms with van der Waals surface area (Å²) in [6.45, 7) is 1.51. The molecule has 2 heterocycles. The molecule has 4 rings (SSSR count). The maximum atomic E-state index is 12.9. The SMILES string of the molecule is O=C1NC2(CCNCC2)C(=O)C1c1ccc(C2CC2)cc1Cl. The van der Waals surface area contributed by atoms with Gasteiger partial charge in [0, 0.05) is 5.02 Å². The molecule has 3 aliphatic rings. The van der Waals surface area contributed by atoms with Crippen molar-refractivity contribution < 1.29 is 9.59 Å². The highest BCUT2D eigenvalue weighted by Crippen LogP contribution is 2.43. The van der Waals surface area contributed by atoms with Gasteiger partial charge in [0.15, 0.2) is 5.78 Å². The summed E-state index contributed by atoms with van der Waals surface area (Å²) in [7, 11) is 0.